The fraction of sp³-hybridized carbons (Fsp3) is 0.500. The Hall–Kier alpha value is -5.34. The van der Waals surface area contributed by atoms with Crippen molar-refractivity contribution in [2.24, 2.45) is 0 Å². The zero-order valence-corrected chi connectivity index (χ0v) is 29.7. The van der Waals surface area contributed by atoms with Crippen LogP contribution in [0.1, 0.15) is 85.9 Å². The first-order valence-corrected chi connectivity index (χ1v) is 17.1. The average molecular weight is 703 g/mol. The monoisotopic (exact) mass is 702 g/mol. The van der Waals surface area contributed by atoms with E-state index in [0.717, 1.165) is 55.6 Å². The first-order valence-electron chi connectivity index (χ1n) is 17.1. The number of pyridine rings is 3. The van der Waals surface area contributed by atoms with Gasteiger partial charge in [-0.15, -0.1) is 0 Å². The molecular weight excluding hydrogens is 660 g/mol. The summed E-state index contributed by atoms with van der Waals surface area (Å²) in [6, 6.07) is 5.66. The number of nitrogens with zero attached hydrogens (tertiary/aromatic N) is 6. The van der Waals surface area contributed by atoms with Crippen molar-refractivity contribution in [1.29, 1.82) is 0 Å². The number of ether oxygens (including phenoxy) is 3. The van der Waals surface area contributed by atoms with Gasteiger partial charge in [0.2, 0.25) is 16.3 Å². The maximum atomic E-state index is 12.2. The van der Waals surface area contributed by atoms with E-state index in [1.54, 1.807) is 54.0 Å². The Labute approximate surface area is 293 Å². The van der Waals surface area contributed by atoms with Crippen LogP contribution in [0.25, 0.3) is 0 Å². The van der Waals surface area contributed by atoms with Gasteiger partial charge in [0.15, 0.2) is 34.3 Å². The molecule has 0 radical (unpaired) electrons. The average Bonchev–Trinajstić information content (AvgIpc) is 3.82. The molecule has 0 saturated heterocycles. The standard InChI is InChI=1S/3C12H14N2O3/c3*1-13-6-8-4-3-7-5-9(15)11(17-2)10(12(13)16)14(7)8/h3*5,8H,3-4,6H2,1-2H3. The van der Waals surface area contributed by atoms with Crippen LogP contribution in [0, 0.1) is 0 Å². The second-order valence-electron chi connectivity index (χ2n) is 13.9. The summed E-state index contributed by atoms with van der Waals surface area (Å²) in [4.78, 5) is 77.1. The summed E-state index contributed by atoms with van der Waals surface area (Å²) in [7, 11) is 9.60. The van der Waals surface area contributed by atoms with Gasteiger partial charge in [-0.05, 0) is 38.5 Å². The Morgan fingerprint density at radius 2 is 0.725 bits per heavy atom. The van der Waals surface area contributed by atoms with E-state index in [1.165, 1.54) is 21.3 Å². The maximum Gasteiger partial charge on any atom is 0.274 e. The lowest BCUT2D eigenvalue weighted by molar-refractivity contribution is 0.0708. The molecule has 9 rings (SSSR count). The lowest BCUT2D eigenvalue weighted by Crippen LogP contribution is -2.41. The smallest absolute Gasteiger partial charge is 0.274 e. The first kappa shape index (κ1) is 34.1. The molecule has 0 spiro atoms. The molecule has 3 aromatic heterocycles. The van der Waals surface area contributed by atoms with Crippen molar-refractivity contribution in [3.05, 3.63) is 83.0 Å². The molecule has 9 heterocycles. The third kappa shape index (κ3) is 5.31. The molecule has 3 aromatic rings. The van der Waals surface area contributed by atoms with Gasteiger partial charge < -0.3 is 42.6 Å². The molecule has 0 N–H and O–H groups in total. The molecule has 6 aliphatic heterocycles. The van der Waals surface area contributed by atoms with E-state index in [2.05, 4.69) is 0 Å². The lowest BCUT2D eigenvalue weighted by atomic mass is 10.1. The number of amides is 3. The summed E-state index contributed by atoms with van der Waals surface area (Å²) in [5, 5.41) is 0. The highest BCUT2D eigenvalue weighted by Gasteiger charge is 2.39. The molecule has 15 heteroatoms. The highest BCUT2D eigenvalue weighted by atomic mass is 16.5. The van der Waals surface area contributed by atoms with Gasteiger partial charge in [0.25, 0.3) is 17.7 Å². The van der Waals surface area contributed by atoms with Crippen LogP contribution in [0.4, 0.5) is 0 Å². The van der Waals surface area contributed by atoms with E-state index in [4.69, 9.17) is 14.2 Å². The van der Waals surface area contributed by atoms with Gasteiger partial charge in [-0.2, -0.15) is 0 Å². The number of aryl methyl sites for hydroxylation is 3. The van der Waals surface area contributed by atoms with Crippen molar-refractivity contribution in [2.45, 2.75) is 56.7 Å². The number of carbonyl (C=O) groups is 3. The second kappa shape index (κ2) is 12.8. The minimum absolute atomic E-state index is 0.126. The predicted molar refractivity (Wildman–Crippen MR) is 185 cm³/mol. The van der Waals surface area contributed by atoms with Crippen LogP contribution in [-0.2, 0) is 19.3 Å². The van der Waals surface area contributed by atoms with Crippen molar-refractivity contribution in [3.63, 3.8) is 0 Å². The van der Waals surface area contributed by atoms with Gasteiger partial charge in [0.1, 0.15) is 0 Å². The van der Waals surface area contributed by atoms with Crippen molar-refractivity contribution in [2.75, 3.05) is 62.1 Å². The number of rotatable bonds is 3. The molecule has 0 aromatic carbocycles. The van der Waals surface area contributed by atoms with Crippen LogP contribution in [0.2, 0.25) is 0 Å². The van der Waals surface area contributed by atoms with Crippen LogP contribution < -0.4 is 30.5 Å². The molecule has 51 heavy (non-hydrogen) atoms. The van der Waals surface area contributed by atoms with Crippen molar-refractivity contribution < 1.29 is 28.6 Å². The molecule has 0 aliphatic carbocycles. The summed E-state index contributed by atoms with van der Waals surface area (Å²) in [6.45, 7) is 2.14. The summed E-state index contributed by atoms with van der Waals surface area (Å²) < 4.78 is 21.3. The lowest BCUT2D eigenvalue weighted by Gasteiger charge is -2.32. The molecule has 0 saturated carbocycles. The normalized spacial score (nSPS) is 21.6. The summed E-state index contributed by atoms with van der Waals surface area (Å²) >= 11 is 0. The van der Waals surface area contributed by atoms with Crippen LogP contribution in [-0.4, -0.2) is 108 Å². The van der Waals surface area contributed by atoms with Crippen molar-refractivity contribution in [1.82, 2.24) is 28.4 Å². The molecular formula is C36H42N6O9. The first-order chi connectivity index (χ1) is 24.4. The summed E-state index contributed by atoms with van der Waals surface area (Å²) in [5.74, 6) is 0.156. The van der Waals surface area contributed by atoms with Gasteiger partial charge in [-0.1, -0.05) is 0 Å². The van der Waals surface area contributed by atoms with Gasteiger partial charge in [-0.25, -0.2) is 0 Å². The van der Waals surface area contributed by atoms with E-state index in [-0.39, 0.29) is 69.4 Å². The Kier molecular flexibility index (Phi) is 8.54. The largest absolute Gasteiger partial charge is 0.491 e. The molecule has 3 atom stereocenters. The minimum atomic E-state index is -0.196. The van der Waals surface area contributed by atoms with Crippen molar-refractivity contribution >= 4 is 17.7 Å². The highest BCUT2D eigenvalue weighted by Crippen LogP contribution is 2.37. The molecule has 3 amide bonds. The van der Waals surface area contributed by atoms with E-state index in [1.807, 2.05) is 13.7 Å². The number of hydrogen-bond acceptors (Lipinski definition) is 9. The second-order valence-corrected chi connectivity index (χ2v) is 13.9. The van der Waals surface area contributed by atoms with Gasteiger partial charge >= 0.3 is 0 Å². The van der Waals surface area contributed by atoms with Crippen LogP contribution in [0.15, 0.2) is 32.6 Å². The topological polar surface area (TPSA) is 155 Å². The van der Waals surface area contributed by atoms with Crippen LogP contribution >= 0.6 is 0 Å². The third-order valence-corrected chi connectivity index (χ3v) is 10.9. The highest BCUT2D eigenvalue weighted by molar-refractivity contribution is 5.97. The summed E-state index contributed by atoms with van der Waals surface area (Å²) in [5.41, 5.74) is 3.55. The van der Waals surface area contributed by atoms with Gasteiger partial charge in [0.05, 0.1) is 39.5 Å². The zero-order chi connectivity index (χ0) is 36.5. The van der Waals surface area contributed by atoms with E-state index >= 15 is 0 Å². The fourth-order valence-electron chi connectivity index (χ4n) is 8.58. The van der Waals surface area contributed by atoms with Gasteiger partial charge in [-0.3, -0.25) is 28.8 Å². The molecule has 0 fully saturated rings. The molecule has 0 bridgehead atoms. The fourth-order valence-corrected chi connectivity index (χ4v) is 8.58. The number of likely N-dealkylation sites (N-methyl/N-ethyl adjacent to an activating group) is 3. The van der Waals surface area contributed by atoms with Gasteiger partial charge in [0, 0.05) is 76.1 Å². The predicted octanol–water partition coefficient (Wildman–Crippen LogP) is 1.29. The van der Waals surface area contributed by atoms with E-state index in [9.17, 15) is 28.8 Å². The Morgan fingerprint density at radius 1 is 0.471 bits per heavy atom. The quantitative estimate of drug-likeness (QED) is 0.393. The third-order valence-electron chi connectivity index (χ3n) is 10.9. The SMILES string of the molecule is COc1c2n3c(cc1=O)CCC3CN(C)C2=O.COc1c2n3c(cc1=O)CCC3CN(C)C2=O.COc1c2n3c(cc1=O)CCC3CN(C)C2=O. The molecule has 270 valence electrons. The van der Waals surface area contributed by atoms with E-state index in [0.29, 0.717) is 36.7 Å². The Bertz CT molecular complexity index is 1930. The minimum Gasteiger partial charge on any atom is -0.491 e. The molecule has 6 aliphatic rings. The molecule has 3 unspecified atom stereocenters. The van der Waals surface area contributed by atoms with Crippen LogP contribution in [0.3, 0.4) is 0 Å². The molecule has 15 nitrogen and oxygen atoms in total. The Morgan fingerprint density at radius 3 is 0.961 bits per heavy atom. The number of carbonyl (C=O) groups excluding carboxylic acids is 3. The maximum absolute atomic E-state index is 12.2. The summed E-state index contributed by atoms with van der Waals surface area (Å²) in [6.07, 6.45) is 5.53. The number of aromatic nitrogens is 3. The number of methoxy groups -OCH3 is 3. The van der Waals surface area contributed by atoms with E-state index < -0.39 is 0 Å². The van der Waals surface area contributed by atoms with Crippen molar-refractivity contribution in [3.8, 4) is 17.2 Å². The van der Waals surface area contributed by atoms with Crippen LogP contribution in [0.5, 0.6) is 17.2 Å². The zero-order valence-electron chi connectivity index (χ0n) is 29.7. The Balaban J connectivity index is 0.000000119. The number of hydrogen-bond donors (Lipinski definition) is 0.